The first kappa shape index (κ1) is 10.6. The summed E-state index contributed by atoms with van der Waals surface area (Å²) in [7, 11) is 0. The first-order valence-corrected chi connectivity index (χ1v) is 3.94. The van der Waals surface area contributed by atoms with Gasteiger partial charge in [0.2, 0.25) is 0 Å². The molecule has 0 unspecified atom stereocenters. The van der Waals surface area contributed by atoms with Crippen molar-refractivity contribution < 1.29 is 19.4 Å². The standard InChI is InChI=1S/C9H10FNO3/c10-6-3-1-5(2-4-6)8(12)7(11)9(13)14/h1-4,7-8,12H,11H2,(H,13,14)/t7-,8-/m1/s1. The minimum absolute atomic E-state index is 0.279. The third-order valence-corrected chi connectivity index (χ3v) is 1.84. The molecule has 1 aromatic carbocycles. The van der Waals surface area contributed by atoms with E-state index in [9.17, 15) is 14.3 Å². The van der Waals surface area contributed by atoms with Gasteiger partial charge in [-0.2, -0.15) is 0 Å². The molecule has 14 heavy (non-hydrogen) atoms. The number of nitrogens with two attached hydrogens (primary N) is 1. The predicted molar refractivity (Wildman–Crippen MR) is 47.0 cm³/mol. The fraction of sp³-hybridized carbons (Fsp3) is 0.222. The first-order valence-electron chi connectivity index (χ1n) is 3.94. The Bertz CT molecular complexity index is 325. The molecule has 0 aromatic heterocycles. The summed E-state index contributed by atoms with van der Waals surface area (Å²) in [6, 6.07) is 3.45. The maximum atomic E-state index is 12.5. The number of aliphatic hydroxyl groups is 1. The Kier molecular flexibility index (Phi) is 3.16. The van der Waals surface area contributed by atoms with Crippen LogP contribution in [0.2, 0.25) is 0 Å². The van der Waals surface area contributed by atoms with Crippen LogP contribution >= 0.6 is 0 Å². The molecule has 1 aromatic rings. The zero-order chi connectivity index (χ0) is 10.7. The lowest BCUT2D eigenvalue weighted by atomic mass is 10.0. The molecule has 76 valence electrons. The van der Waals surface area contributed by atoms with Crippen LogP contribution < -0.4 is 5.73 Å². The summed E-state index contributed by atoms with van der Waals surface area (Å²) in [5, 5.41) is 17.9. The Balaban J connectivity index is 2.84. The van der Waals surface area contributed by atoms with Crippen molar-refractivity contribution in [2.75, 3.05) is 0 Å². The second-order valence-corrected chi connectivity index (χ2v) is 2.86. The number of benzene rings is 1. The number of hydrogen-bond donors (Lipinski definition) is 3. The van der Waals surface area contributed by atoms with E-state index in [0.29, 0.717) is 0 Å². The van der Waals surface area contributed by atoms with E-state index in [1.54, 1.807) is 0 Å². The fourth-order valence-electron chi connectivity index (χ4n) is 1.00. The number of rotatable bonds is 3. The molecule has 0 aliphatic carbocycles. The van der Waals surface area contributed by atoms with Crippen LogP contribution in [-0.2, 0) is 4.79 Å². The topological polar surface area (TPSA) is 83.6 Å². The van der Waals surface area contributed by atoms with Crippen molar-refractivity contribution in [2.45, 2.75) is 12.1 Å². The van der Waals surface area contributed by atoms with E-state index in [1.807, 2.05) is 0 Å². The molecule has 0 fully saturated rings. The summed E-state index contributed by atoms with van der Waals surface area (Å²) in [5.41, 5.74) is 5.47. The molecule has 0 bridgehead atoms. The maximum absolute atomic E-state index is 12.5. The molecule has 0 saturated heterocycles. The third kappa shape index (κ3) is 2.27. The average Bonchev–Trinajstić information content (AvgIpc) is 2.16. The maximum Gasteiger partial charge on any atom is 0.323 e. The van der Waals surface area contributed by atoms with Crippen molar-refractivity contribution in [1.29, 1.82) is 0 Å². The average molecular weight is 199 g/mol. The summed E-state index contributed by atoms with van der Waals surface area (Å²) in [6.45, 7) is 0. The second-order valence-electron chi connectivity index (χ2n) is 2.86. The van der Waals surface area contributed by atoms with E-state index in [2.05, 4.69) is 0 Å². The van der Waals surface area contributed by atoms with E-state index >= 15 is 0 Å². The van der Waals surface area contributed by atoms with Gasteiger partial charge in [0.1, 0.15) is 18.0 Å². The molecule has 5 heteroatoms. The zero-order valence-corrected chi connectivity index (χ0v) is 7.22. The molecular formula is C9H10FNO3. The van der Waals surface area contributed by atoms with Crippen molar-refractivity contribution in [3.63, 3.8) is 0 Å². The van der Waals surface area contributed by atoms with Crippen LogP contribution in [0.5, 0.6) is 0 Å². The van der Waals surface area contributed by atoms with Gasteiger partial charge in [0.15, 0.2) is 0 Å². The Labute approximate surface area is 79.8 Å². The lowest BCUT2D eigenvalue weighted by Crippen LogP contribution is -2.36. The molecule has 0 heterocycles. The predicted octanol–water partition coefficient (Wildman–Crippen LogP) is 0.271. The second kappa shape index (κ2) is 4.17. The molecule has 1 rings (SSSR count). The molecule has 0 amide bonds. The van der Waals surface area contributed by atoms with Gasteiger partial charge < -0.3 is 15.9 Å². The Morgan fingerprint density at radius 2 is 1.86 bits per heavy atom. The number of carboxylic acids is 1. The highest BCUT2D eigenvalue weighted by atomic mass is 19.1. The minimum atomic E-state index is -1.40. The summed E-state index contributed by atoms with van der Waals surface area (Å²) >= 11 is 0. The van der Waals surface area contributed by atoms with Crippen LogP contribution in [0.3, 0.4) is 0 Å². The van der Waals surface area contributed by atoms with Crippen molar-refractivity contribution in [2.24, 2.45) is 5.73 Å². The van der Waals surface area contributed by atoms with Gasteiger partial charge in [-0.1, -0.05) is 12.1 Å². The van der Waals surface area contributed by atoms with Crippen LogP contribution in [-0.4, -0.2) is 22.2 Å². The third-order valence-electron chi connectivity index (χ3n) is 1.84. The highest BCUT2D eigenvalue weighted by Crippen LogP contribution is 2.15. The van der Waals surface area contributed by atoms with Gasteiger partial charge in [-0.05, 0) is 17.7 Å². The number of aliphatic hydroxyl groups excluding tert-OH is 1. The molecular weight excluding hydrogens is 189 g/mol. The van der Waals surface area contributed by atoms with Gasteiger partial charge in [-0.25, -0.2) is 4.39 Å². The van der Waals surface area contributed by atoms with Crippen LogP contribution in [0.25, 0.3) is 0 Å². The fourth-order valence-corrected chi connectivity index (χ4v) is 1.00. The van der Waals surface area contributed by atoms with E-state index in [-0.39, 0.29) is 5.56 Å². The molecule has 2 atom stereocenters. The summed E-state index contributed by atoms with van der Waals surface area (Å²) in [5.74, 6) is -1.76. The highest BCUT2D eigenvalue weighted by molar-refractivity contribution is 5.74. The van der Waals surface area contributed by atoms with Crippen LogP contribution in [0, 0.1) is 5.82 Å². The highest BCUT2D eigenvalue weighted by Gasteiger charge is 2.23. The van der Waals surface area contributed by atoms with E-state index in [0.717, 1.165) is 12.1 Å². The summed E-state index contributed by atoms with van der Waals surface area (Å²) in [6.07, 6.45) is -1.33. The van der Waals surface area contributed by atoms with Gasteiger partial charge in [-0.3, -0.25) is 4.79 Å². The minimum Gasteiger partial charge on any atom is -0.480 e. The lowest BCUT2D eigenvalue weighted by molar-refractivity contribution is -0.141. The van der Waals surface area contributed by atoms with Crippen molar-refractivity contribution in [1.82, 2.24) is 0 Å². The molecule has 0 spiro atoms. The quantitative estimate of drug-likeness (QED) is 0.652. The summed E-state index contributed by atoms with van der Waals surface area (Å²) < 4.78 is 12.5. The molecule has 4 nitrogen and oxygen atoms in total. The number of carbonyl (C=O) groups is 1. The Hall–Kier alpha value is -1.46. The number of carboxylic acid groups (broad SMARTS) is 1. The first-order chi connectivity index (χ1) is 6.52. The van der Waals surface area contributed by atoms with Crippen molar-refractivity contribution in [3.05, 3.63) is 35.6 Å². The molecule has 0 radical (unpaired) electrons. The number of halogens is 1. The van der Waals surface area contributed by atoms with Gasteiger partial charge >= 0.3 is 5.97 Å². The molecule has 0 aliphatic rings. The van der Waals surface area contributed by atoms with E-state index in [1.165, 1.54) is 12.1 Å². The van der Waals surface area contributed by atoms with Crippen LogP contribution in [0.1, 0.15) is 11.7 Å². The molecule has 0 aliphatic heterocycles. The van der Waals surface area contributed by atoms with E-state index in [4.69, 9.17) is 10.8 Å². The molecule has 4 N–H and O–H groups in total. The van der Waals surface area contributed by atoms with Gasteiger partial charge in [0.25, 0.3) is 0 Å². The Morgan fingerprint density at radius 1 is 1.36 bits per heavy atom. The largest absolute Gasteiger partial charge is 0.480 e. The van der Waals surface area contributed by atoms with Gasteiger partial charge in [0, 0.05) is 0 Å². The monoisotopic (exact) mass is 199 g/mol. The normalized spacial score (nSPS) is 14.8. The number of hydrogen-bond acceptors (Lipinski definition) is 3. The zero-order valence-electron chi connectivity index (χ0n) is 7.22. The van der Waals surface area contributed by atoms with Crippen LogP contribution in [0.15, 0.2) is 24.3 Å². The van der Waals surface area contributed by atoms with E-state index < -0.39 is 23.9 Å². The lowest BCUT2D eigenvalue weighted by Gasteiger charge is -2.14. The smallest absolute Gasteiger partial charge is 0.323 e. The SMILES string of the molecule is N[C@@H](C(=O)O)[C@H](O)c1ccc(F)cc1. The van der Waals surface area contributed by atoms with Crippen molar-refractivity contribution >= 4 is 5.97 Å². The van der Waals surface area contributed by atoms with Crippen LogP contribution in [0.4, 0.5) is 4.39 Å². The van der Waals surface area contributed by atoms with Crippen molar-refractivity contribution in [3.8, 4) is 0 Å². The Morgan fingerprint density at radius 3 is 2.29 bits per heavy atom. The molecule has 0 saturated carbocycles. The summed E-state index contributed by atoms with van der Waals surface area (Å²) in [4.78, 5) is 10.4. The van der Waals surface area contributed by atoms with Gasteiger partial charge in [0.05, 0.1) is 0 Å². The number of aliphatic carboxylic acids is 1. The van der Waals surface area contributed by atoms with Gasteiger partial charge in [-0.15, -0.1) is 0 Å².